The van der Waals surface area contributed by atoms with E-state index in [4.69, 9.17) is 0 Å². The average molecular weight is 394 g/mol. The zero-order valence-electron chi connectivity index (χ0n) is 16.8. The second-order valence-electron chi connectivity index (χ2n) is 7.33. The normalized spacial score (nSPS) is 13.9. The monoisotopic (exact) mass is 394 g/mol. The Kier molecular flexibility index (Phi) is 5.46. The maximum atomic E-state index is 11.7. The first-order valence-corrected chi connectivity index (χ1v) is 9.87. The zero-order valence-corrected chi connectivity index (χ0v) is 16.8. The molecule has 2 aromatic heterocycles. The Hall–Kier alpha value is -3.36. The van der Waals surface area contributed by atoms with Crippen LogP contribution >= 0.6 is 0 Å². The molecule has 0 spiro atoms. The third-order valence-electron chi connectivity index (χ3n) is 4.97. The fourth-order valence-electron chi connectivity index (χ4n) is 3.43. The van der Waals surface area contributed by atoms with Crippen molar-refractivity contribution in [2.45, 2.75) is 19.3 Å². The summed E-state index contributed by atoms with van der Waals surface area (Å²) in [6, 6.07) is 8.05. The Bertz CT molecular complexity index is 999. The molecule has 4 rings (SSSR count). The van der Waals surface area contributed by atoms with E-state index in [0.29, 0.717) is 30.4 Å². The number of hydrogen-bond donors (Lipinski definition) is 3. The van der Waals surface area contributed by atoms with Gasteiger partial charge in [0.25, 0.3) is 0 Å². The highest BCUT2D eigenvalue weighted by Gasteiger charge is 2.19. The summed E-state index contributed by atoms with van der Waals surface area (Å²) in [6.45, 7) is 2.35. The van der Waals surface area contributed by atoms with E-state index in [1.54, 1.807) is 6.33 Å². The van der Waals surface area contributed by atoms with Gasteiger partial charge in [0.05, 0.1) is 6.33 Å². The maximum absolute atomic E-state index is 11.7. The Morgan fingerprint density at radius 2 is 2.17 bits per heavy atom. The first kappa shape index (κ1) is 19.0. The Labute approximate surface area is 169 Å². The number of amides is 1. The van der Waals surface area contributed by atoms with E-state index >= 15 is 0 Å². The highest BCUT2D eigenvalue weighted by Crippen LogP contribution is 2.23. The van der Waals surface area contributed by atoms with Crippen LogP contribution in [-0.2, 0) is 4.79 Å². The van der Waals surface area contributed by atoms with Crippen molar-refractivity contribution in [3.8, 4) is 0 Å². The molecule has 1 amide bonds. The molecule has 1 saturated heterocycles. The van der Waals surface area contributed by atoms with Gasteiger partial charge in [0.15, 0.2) is 11.5 Å². The lowest BCUT2D eigenvalue weighted by molar-refractivity contribution is -0.127. The van der Waals surface area contributed by atoms with E-state index in [2.05, 4.69) is 30.6 Å². The van der Waals surface area contributed by atoms with Crippen LogP contribution in [-0.4, -0.2) is 64.5 Å². The second kappa shape index (κ2) is 8.34. The first-order valence-electron chi connectivity index (χ1n) is 9.87. The molecule has 3 N–H and O–H groups in total. The van der Waals surface area contributed by atoms with Crippen LogP contribution in [0.25, 0.3) is 11.2 Å². The predicted molar refractivity (Wildman–Crippen MR) is 115 cm³/mol. The molecule has 9 heteroatoms. The standard InChI is InChI=1S/C20H26N8O/c1-27(2)15-7-3-6-14(12-15)24-20-25-18(17-19(26-20)23-13-22-17)21-9-5-11-28-10-4-8-16(28)29/h3,6-7,12-13H,4-5,8-11H2,1-2H3,(H3,21,22,23,24,25,26). The first-order chi connectivity index (χ1) is 14.1. The number of imidazole rings is 1. The van der Waals surface area contributed by atoms with Gasteiger partial charge in [-0.05, 0) is 31.0 Å². The van der Waals surface area contributed by atoms with E-state index in [1.165, 1.54) is 0 Å². The number of nitrogens with zero attached hydrogens (tertiary/aromatic N) is 5. The molecule has 1 aliphatic heterocycles. The van der Waals surface area contributed by atoms with Crippen LogP contribution in [0, 0.1) is 0 Å². The minimum atomic E-state index is 0.259. The van der Waals surface area contributed by atoms with Gasteiger partial charge in [-0.25, -0.2) is 4.98 Å². The SMILES string of the molecule is CN(C)c1cccc(Nc2nc(NCCCN3CCCC3=O)c3[nH]cnc3n2)c1. The minimum absolute atomic E-state index is 0.259. The summed E-state index contributed by atoms with van der Waals surface area (Å²) in [7, 11) is 4.01. The van der Waals surface area contributed by atoms with Crippen LogP contribution in [0.15, 0.2) is 30.6 Å². The van der Waals surface area contributed by atoms with Crippen molar-refractivity contribution < 1.29 is 4.79 Å². The molecule has 152 valence electrons. The summed E-state index contributed by atoms with van der Waals surface area (Å²) in [6.07, 6.45) is 4.12. The average Bonchev–Trinajstić information content (AvgIpc) is 3.34. The lowest BCUT2D eigenvalue weighted by atomic mass is 10.2. The molecule has 1 aromatic carbocycles. The van der Waals surface area contributed by atoms with Gasteiger partial charge < -0.3 is 25.4 Å². The van der Waals surface area contributed by atoms with Gasteiger partial charge in [0.1, 0.15) is 5.52 Å². The lowest BCUT2D eigenvalue weighted by Crippen LogP contribution is -2.27. The van der Waals surface area contributed by atoms with Gasteiger partial charge in [-0.15, -0.1) is 0 Å². The van der Waals surface area contributed by atoms with Gasteiger partial charge in [-0.3, -0.25) is 4.79 Å². The number of nitrogens with one attached hydrogen (secondary N) is 3. The van der Waals surface area contributed by atoms with Crippen molar-refractivity contribution in [3.63, 3.8) is 0 Å². The summed E-state index contributed by atoms with van der Waals surface area (Å²) >= 11 is 0. The molecular formula is C20H26N8O. The molecule has 3 heterocycles. The molecule has 0 unspecified atom stereocenters. The highest BCUT2D eigenvalue weighted by atomic mass is 16.2. The molecule has 0 radical (unpaired) electrons. The van der Waals surface area contributed by atoms with Gasteiger partial charge in [-0.1, -0.05) is 6.07 Å². The number of hydrogen-bond acceptors (Lipinski definition) is 7. The van der Waals surface area contributed by atoms with Crippen molar-refractivity contribution in [1.82, 2.24) is 24.8 Å². The number of aromatic amines is 1. The van der Waals surface area contributed by atoms with Gasteiger partial charge in [0.2, 0.25) is 11.9 Å². The van der Waals surface area contributed by atoms with Crippen molar-refractivity contribution in [3.05, 3.63) is 30.6 Å². The van der Waals surface area contributed by atoms with E-state index < -0.39 is 0 Å². The summed E-state index contributed by atoms with van der Waals surface area (Å²) in [5.41, 5.74) is 3.37. The van der Waals surface area contributed by atoms with E-state index in [-0.39, 0.29) is 5.91 Å². The Morgan fingerprint density at radius 3 is 2.97 bits per heavy atom. The molecular weight excluding hydrogens is 368 g/mol. The maximum Gasteiger partial charge on any atom is 0.231 e. The second-order valence-corrected chi connectivity index (χ2v) is 7.33. The number of fused-ring (bicyclic) bond motifs is 1. The third-order valence-corrected chi connectivity index (χ3v) is 4.97. The van der Waals surface area contributed by atoms with Crippen LogP contribution in [0.2, 0.25) is 0 Å². The summed E-state index contributed by atoms with van der Waals surface area (Å²) in [5, 5.41) is 6.63. The lowest BCUT2D eigenvalue weighted by Gasteiger charge is -2.16. The van der Waals surface area contributed by atoms with Gasteiger partial charge in [0, 0.05) is 51.5 Å². The predicted octanol–water partition coefficient (Wildman–Crippen LogP) is 2.59. The van der Waals surface area contributed by atoms with E-state index in [9.17, 15) is 4.79 Å². The largest absolute Gasteiger partial charge is 0.378 e. The number of anilines is 4. The Balaban J connectivity index is 1.45. The van der Waals surface area contributed by atoms with Crippen LogP contribution in [0.1, 0.15) is 19.3 Å². The third kappa shape index (κ3) is 4.39. The van der Waals surface area contributed by atoms with Crippen LogP contribution < -0.4 is 15.5 Å². The van der Waals surface area contributed by atoms with Crippen molar-refractivity contribution in [2.24, 2.45) is 0 Å². The Morgan fingerprint density at radius 1 is 1.28 bits per heavy atom. The zero-order chi connectivity index (χ0) is 20.2. The van der Waals surface area contributed by atoms with Crippen molar-refractivity contribution >= 4 is 40.2 Å². The molecule has 29 heavy (non-hydrogen) atoms. The van der Waals surface area contributed by atoms with Gasteiger partial charge in [-0.2, -0.15) is 9.97 Å². The molecule has 9 nitrogen and oxygen atoms in total. The van der Waals surface area contributed by atoms with E-state index in [1.807, 2.05) is 48.2 Å². The van der Waals surface area contributed by atoms with Gasteiger partial charge >= 0.3 is 0 Å². The van der Waals surface area contributed by atoms with Crippen molar-refractivity contribution in [2.75, 3.05) is 49.3 Å². The quantitative estimate of drug-likeness (QED) is 0.505. The van der Waals surface area contributed by atoms with Crippen LogP contribution in [0.4, 0.5) is 23.1 Å². The van der Waals surface area contributed by atoms with Crippen molar-refractivity contribution in [1.29, 1.82) is 0 Å². The molecule has 1 fully saturated rings. The number of likely N-dealkylation sites (tertiary alicyclic amines) is 1. The number of carbonyl (C=O) groups is 1. The highest BCUT2D eigenvalue weighted by molar-refractivity contribution is 5.84. The topological polar surface area (TPSA) is 102 Å². The summed E-state index contributed by atoms with van der Waals surface area (Å²) < 4.78 is 0. The molecule has 0 aliphatic carbocycles. The molecule has 0 atom stereocenters. The molecule has 0 saturated carbocycles. The summed E-state index contributed by atoms with van der Waals surface area (Å²) in [5.74, 6) is 1.44. The number of H-pyrrole nitrogens is 1. The molecule has 0 bridgehead atoms. The van der Waals surface area contributed by atoms with Crippen LogP contribution in [0.5, 0.6) is 0 Å². The van der Waals surface area contributed by atoms with E-state index in [0.717, 1.165) is 42.8 Å². The fourth-order valence-corrected chi connectivity index (χ4v) is 3.43. The number of rotatable bonds is 8. The number of aromatic nitrogens is 4. The smallest absolute Gasteiger partial charge is 0.231 e. The molecule has 1 aliphatic rings. The minimum Gasteiger partial charge on any atom is -0.378 e. The fraction of sp³-hybridized carbons (Fsp3) is 0.400. The number of carbonyl (C=O) groups excluding carboxylic acids is 1. The summed E-state index contributed by atoms with van der Waals surface area (Å²) in [4.78, 5) is 32.2. The van der Waals surface area contributed by atoms with Crippen LogP contribution in [0.3, 0.4) is 0 Å². The molecule has 3 aromatic rings. The number of benzene rings is 1.